The van der Waals surface area contributed by atoms with Crippen LogP contribution in [0.25, 0.3) is 0 Å². The maximum absolute atomic E-state index is 11.9. The van der Waals surface area contributed by atoms with Crippen LogP contribution < -0.4 is 5.32 Å². The Labute approximate surface area is 109 Å². The number of hydrogen-bond acceptors (Lipinski definition) is 4. The molecule has 1 aromatic rings. The number of carbonyl (C=O) groups is 2. The summed E-state index contributed by atoms with van der Waals surface area (Å²) in [7, 11) is 1.64. The van der Waals surface area contributed by atoms with E-state index in [1.54, 1.807) is 13.2 Å². The van der Waals surface area contributed by atoms with Crippen LogP contribution in [0.5, 0.6) is 0 Å². The Morgan fingerprint density at radius 3 is 2.72 bits per heavy atom. The van der Waals surface area contributed by atoms with Crippen molar-refractivity contribution in [2.45, 2.75) is 31.4 Å². The molecule has 18 heavy (non-hydrogen) atoms. The SMILES string of the molecule is COC1CCCC1NC(=O)c1ccc(C(=O)O)s1. The van der Waals surface area contributed by atoms with Crippen molar-refractivity contribution >= 4 is 23.2 Å². The van der Waals surface area contributed by atoms with Crippen LogP contribution in [0.2, 0.25) is 0 Å². The summed E-state index contributed by atoms with van der Waals surface area (Å²) in [6.07, 6.45) is 2.95. The zero-order valence-electron chi connectivity index (χ0n) is 10.0. The predicted octanol–water partition coefficient (Wildman–Crippen LogP) is 1.74. The number of carboxylic acids is 1. The minimum absolute atomic E-state index is 0.0258. The third-order valence-corrected chi connectivity index (χ3v) is 4.18. The normalized spacial score (nSPS) is 22.9. The highest BCUT2D eigenvalue weighted by atomic mass is 32.1. The fraction of sp³-hybridized carbons (Fsp3) is 0.500. The number of rotatable bonds is 4. The van der Waals surface area contributed by atoms with Crippen LogP contribution in [0.15, 0.2) is 12.1 Å². The van der Waals surface area contributed by atoms with Gasteiger partial charge in [0.2, 0.25) is 0 Å². The molecule has 0 aliphatic heterocycles. The topological polar surface area (TPSA) is 75.6 Å². The standard InChI is InChI=1S/C12H15NO4S/c1-17-8-4-2-3-7(8)13-11(14)9-5-6-10(18-9)12(15)16/h5-8H,2-4H2,1H3,(H,13,14)(H,15,16). The Balaban J connectivity index is 2.00. The van der Waals surface area contributed by atoms with Crippen LogP contribution in [-0.2, 0) is 4.74 Å². The number of carboxylic acid groups (broad SMARTS) is 1. The summed E-state index contributed by atoms with van der Waals surface area (Å²) < 4.78 is 5.30. The average molecular weight is 269 g/mol. The number of nitrogens with one attached hydrogen (secondary N) is 1. The molecule has 1 heterocycles. The second kappa shape index (κ2) is 5.49. The van der Waals surface area contributed by atoms with Crippen LogP contribution >= 0.6 is 11.3 Å². The van der Waals surface area contributed by atoms with Gasteiger partial charge in [-0.05, 0) is 31.4 Å². The molecule has 5 nitrogen and oxygen atoms in total. The molecule has 1 amide bonds. The maximum Gasteiger partial charge on any atom is 0.345 e. The van der Waals surface area contributed by atoms with E-state index >= 15 is 0 Å². The van der Waals surface area contributed by atoms with Gasteiger partial charge in [-0.1, -0.05) is 0 Å². The molecule has 1 fully saturated rings. The smallest absolute Gasteiger partial charge is 0.345 e. The number of ether oxygens (including phenoxy) is 1. The third-order valence-electron chi connectivity index (χ3n) is 3.11. The molecule has 2 N–H and O–H groups in total. The Morgan fingerprint density at radius 2 is 2.11 bits per heavy atom. The molecule has 98 valence electrons. The van der Waals surface area contributed by atoms with Crippen molar-refractivity contribution in [1.82, 2.24) is 5.32 Å². The Bertz CT molecular complexity index is 457. The van der Waals surface area contributed by atoms with Crippen molar-refractivity contribution in [2.75, 3.05) is 7.11 Å². The summed E-state index contributed by atoms with van der Waals surface area (Å²) in [5.74, 6) is -1.23. The molecule has 0 saturated heterocycles. The van der Waals surface area contributed by atoms with Crippen molar-refractivity contribution in [3.8, 4) is 0 Å². The van der Waals surface area contributed by atoms with E-state index in [9.17, 15) is 9.59 Å². The van der Waals surface area contributed by atoms with Gasteiger partial charge < -0.3 is 15.2 Å². The highest BCUT2D eigenvalue weighted by molar-refractivity contribution is 7.15. The number of methoxy groups -OCH3 is 1. The predicted molar refractivity (Wildman–Crippen MR) is 67.2 cm³/mol. The van der Waals surface area contributed by atoms with Gasteiger partial charge in [0.1, 0.15) is 4.88 Å². The number of hydrogen-bond donors (Lipinski definition) is 2. The van der Waals surface area contributed by atoms with E-state index in [2.05, 4.69) is 5.32 Å². The first kappa shape index (κ1) is 13.0. The van der Waals surface area contributed by atoms with E-state index < -0.39 is 5.97 Å². The van der Waals surface area contributed by atoms with E-state index in [1.165, 1.54) is 6.07 Å². The molecule has 1 aromatic heterocycles. The second-order valence-electron chi connectivity index (χ2n) is 4.25. The molecule has 6 heteroatoms. The minimum Gasteiger partial charge on any atom is -0.477 e. The lowest BCUT2D eigenvalue weighted by molar-refractivity contribution is 0.0701. The fourth-order valence-electron chi connectivity index (χ4n) is 2.19. The van der Waals surface area contributed by atoms with Crippen molar-refractivity contribution in [2.24, 2.45) is 0 Å². The Morgan fingerprint density at radius 1 is 1.39 bits per heavy atom. The molecule has 0 spiro atoms. The van der Waals surface area contributed by atoms with Gasteiger partial charge >= 0.3 is 5.97 Å². The molecule has 2 rings (SSSR count). The minimum atomic E-state index is -1.00. The van der Waals surface area contributed by atoms with E-state index in [0.717, 1.165) is 30.6 Å². The van der Waals surface area contributed by atoms with Crippen LogP contribution in [0.1, 0.15) is 38.6 Å². The van der Waals surface area contributed by atoms with Gasteiger partial charge in [-0.2, -0.15) is 0 Å². The molecule has 0 aromatic carbocycles. The molecule has 0 radical (unpaired) electrons. The number of aromatic carboxylic acids is 1. The van der Waals surface area contributed by atoms with Crippen molar-refractivity contribution in [3.05, 3.63) is 21.9 Å². The zero-order chi connectivity index (χ0) is 13.1. The summed E-state index contributed by atoms with van der Waals surface area (Å²) in [6, 6.07) is 3.02. The first-order chi connectivity index (χ1) is 8.61. The summed E-state index contributed by atoms with van der Waals surface area (Å²) >= 11 is 0.989. The summed E-state index contributed by atoms with van der Waals surface area (Å²) in [5, 5.41) is 11.7. The Kier molecular flexibility index (Phi) is 3.98. The zero-order valence-corrected chi connectivity index (χ0v) is 10.8. The summed E-state index contributed by atoms with van der Waals surface area (Å²) in [4.78, 5) is 23.3. The highest BCUT2D eigenvalue weighted by Gasteiger charge is 2.29. The molecule has 1 saturated carbocycles. The lowest BCUT2D eigenvalue weighted by Gasteiger charge is -2.19. The monoisotopic (exact) mass is 269 g/mol. The molecular formula is C12H15NO4S. The van der Waals surface area contributed by atoms with Gasteiger partial charge in [0.15, 0.2) is 0 Å². The number of thiophene rings is 1. The van der Waals surface area contributed by atoms with E-state index in [0.29, 0.717) is 4.88 Å². The number of carbonyl (C=O) groups excluding carboxylic acids is 1. The van der Waals surface area contributed by atoms with E-state index in [-0.39, 0.29) is 22.9 Å². The third kappa shape index (κ3) is 2.70. The molecule has 1 aliphatic carbocycles. The molecule has 2 atom stereocenters. The van der Waals surface area contributed by atoms with Crippen LogP contribution in [0, 0.1) is 0 Å². The Hall–Kier alpha value is -1.40. The average Bonchev–Trinajstić information content (AvgIpc) is 2.96. The van der Waals surface area contributed by atoms with Crippen LogP contribution in [0.3, 0.4) is 0 Å². The maximum atomic E-state index is 11.9. The van der Waals surface area contributed by atoms with E-state index in [1.807, 2.05) is 0 Å². The first-order valence-corrected chi connectivity index (χ1v) is 6.60. The van der Waals surface area contributed by atoms with Crippen molar-refractivity contribution < 1.29 is 19.4 Å². The van der Waals surface area contributed by atoms with Gasteiger partial charge in [-0.3, -0.25) is 4.79 Å². The first-order valence-electron chi connectivity index (χ1n) is 5.78. The molecule has 1 aliphatic rings. The molecule has 0 bridgehead atoms. The van der Waals surface area contributed by atoms with Crippen molar-refractivity contribution in [3.63, 3.8) is 0 Å². The van der Waals surface area contributed by atoms with Gasteiger partial charge in [0.25, 0.3) is 5.91 Å². The molecule has 2 unspecified atom stereocenters. The van der Waals surface area contributed by atoms with Gasteiger partial charge in [0, 0.05) is 7.11 Å². The van der Waals surface area contributed by atoms with Gasteiger partial charge in [-0.25, -0.2) is 4.79 Å². The van der Waals surface area contributed by atoms with E-state index in [4.69, 9.17) is 9.84 Å². The lowest BCUT2D eigenvalue weighted by atomic mass is 10.2. The lowest BCUT2D eigenvalue weighted by Crippen LogP contribution is -2.40. The molecular weight excluding hydrogens is 254 g/mol. The quantitative estimate of drug-likeness (QED) is 0.873. The second-order valence-corrected chi connectivity index (χ2v) is 5.34. The number of amides is 1. The summed E-state index contributed by atoms with van der Waals surface area (Å²) in [6.45, 7) is 0. The van der Waals surface area contributed by atoms with Crippen LogP contribution in [-0.4, -0.2) is 36.2 Å². The highest BCUT2D eigenvalue weighted by Crippen LogP contribution is 2.23. The van der Waals surface area contributed by atoms with Gasteiger partial charge in [0.05, 0.1) is 17.0 Å². The fourth-order valence-corrected chi connectivity index (χ4v) is 2.94. The summed E-state index contributed by atoms with van der Waals surface area (Å²) in [5.41, 5.74) is 0. The van der Waals surface area contributed by atoms with Gasteiger partial charge in [-0.15, -0.1) is 11.3 Å². The van der Waals surface area contributed by atoms with Crippen molar-refractivity contribution in [1.29, 1.82) is 0 Å². The van der Waals surface area contributed by atoms with Crippen LogP contribution in [0.4, 0.5) is 0 Å². The largest absolute Gasteiger partial charge is 0.477 e.